The third-order valence-corrected chi connectivity index (χ3v) is 6.93. The molecule has 9 heteroatoms. The molecule has 1 aromatic heterocycles. The molecule has 0 spiro atoms. The molecule has 1 aliphatic rings. The van der Waals surface area contributed by atoms with Crippen molar-refractivity contribution in [1.29, 1.82) is 0 Å². The van der Waals surface area contributed by atoms with Gasteiger partial charge >= 0.3 is 0 Å². The maximum Gasteiger partial charge on any atom is 0.255 e. The summed E-state index contributed by atoms with van der Waals surface area (Å²) < 4.78 is 25.6. The van der Waals surface area contributed by atoms with E-state index < -0.39 is 10.0 Å². The van der Waals surface area contributed by atoms with Gasteiger partial charge in [-0.15, -0.1) is 16.2 Å². The molecule has 0 bridgehead atoms. The van der Waals surface area contributed by atoms with Gasteiger partial charge in [0.05, 0.1) is 3.79 Å². The Labute approximate surface area is 138 Å². The van der Waals surface area contributed by atoms with E-state index in [2.05, 4.69) is 31.0 Å². The summed E-state index contributed by atoms with van der Waals surface area (Å²) >= 11 is 4.82. The zero-order valence-electron chi connectivity index (χ0n) is 12.2. The average Bonchev–Trinajstić information content (AvgIpc) is 2.81. The summed E-state index contributed by atoms with van der Waals surface area (Å²) in [5.74, 6) is 0. The molecule has 0 unspecified atom stereocenters. The first-order valence-electron chi connectivity index (χ1n) is 6.87. The number of rotatable bonds is 6. The summed E-state index contributed by atoms with van der Waals surface area (Å²) in [5.41, 5.74) is 0. The van der Waals surface area contributed by atoms with Crippen LogP contribution in [-0.2, 0) is 16.6 Å². The number of halogens is 1. The number of likely N-dealkylation sites (N-methyl/N-ethyl adjacent to an activating group) is 1. The van der Waals surface area contributed by atoms with E-state index in [0.717, 1.165) is 24.5 Å². The van der Waals surface area contributed by atoms with Crippen molar-refractivity contribution < 1.29 is 8.42 Å². The van der Waals surface area contributed by atoms with Crippen molar-refractivity contribution in [3.63, 3.8) is 0 Å². The Balaban J connectivity index is 2.06. The van der Waals surface area contributed by atoms with Crippen molar-refractivity contribution in [2.75, 3.05) is 39.8 Å². The van der Waals surface area contributed by atoms with Crippen molar-refractivity contribution in [3.8, 4) is 0 Å². The zero-order chi connectivity index (χ0) is 15.5. The van der Waals surface area contributed by atoms with E-state index in [1.807, 2.05) is 14.0 Å². The van der Waals surface area contributed by atoms with Gasteiger partial charge in [-0.25, -0.2) is 13.4 Å². The maximum absolute atomic E-state index is 12.5. The highest BCUT2D eigenvalue weighted by Gasteiger charge is 2.25. The highest BCUT2D eigenvalue weighted by atomic mass is 79.9. The molecule has 0 amide bonds. The molecular weight excluding hydrogens is 376 g/mol. The minimum atomic E-state index is -3.52. The molecule has 0 saturated carbocycles. The third kappa shape index (κ3) is 4.72. The molecule has 0 aliphatic carbocycles. The number of sulfonamides is 1. The van der Waals surface area contributed by atoms with Crippen LogP contribution in [0.5, 0.6) is 0 Å². The number of nitrogens with one attached hydrogen (secondary N) is 2. The van der Waals surface area contributed by atoms with Crippen LogP contribution in [0.4, 0.5) is 0 Å². The molecule has 120 valence electrons. The molecule has 0 radical (unpaired) electrons. The van der Waals surface area contributed by atoms with Gasteiger partial charge in [-0.2, -0.15) is 0 Å². The Hall–Kier alpha value is -0.0300. The lowest BCUT2D eigenvalue weighted by Crippen LogP contribution is -2.52. The molecule has 6 nitrogen and oxygen atoms in total. The van der Waals surface area contributed by atoms with E-state index in [0.29, 0.717) is 28.3 Å². The number of piperazine rings is 1. The van der Waals surface area contributed by atoms with Crippen LogP contribution >= 0.6 is 27.3 Å². The van der Waals surface area contributed by atoms with Gasteiger partial charge in [-0.05, 0) is 35.6 Å². The van der Waals surface area contributed by atoms with Crippen molar-refractivity contribution in [3.05, 3.63) is 14.7 Å². The fraction of sp³-hybridized carbons (Fsp3) is 0.667. The number of hydrogen-bond acceptors (Lipinski definition) is 6. The molecule has 1 fully saturated rings. The predicted octanol–water partition coefficient (Wildman–Crippen LogP) is 1.06. The predicted molar refractivity (Wildman–Crippen MR) is 88.8 cm³/mol. The van der Waals surface area contributed by atoms with Crippen LogP contribution in [0.2, 0.25) is 0 Å². The van der Waals surface area contributed by atoms with Crippen LogP contribution in [0, 0.1) is 0 Å². The average molecular weight is 397 g/mol. The van der Waals surface area contributed by atoms with Crippen LogP contribution in [0.3, 0.4) is 0 Å². The Bertz CT molecular complexity index is 568. The second kappa shape index (κ2) is 7.49. The first-order chi connectivity index (χ1) is 9.92. The van der Waals surface area contributed by atoms with Gasteiger partial charge in [-0.1, -0.05) is 6.92 Å². The summed E-state index contributed by atoms with van der Waals surface area (Å²) in [4.78, 5) is 6.18. The molecule has 1 saturated heterocycles. The SMILES string of the molecule is CCNCc1cc(S(=O)(=O)NN2CCN(C)CC2)c(Br)s1. The highest BCUT2D eigenvalue weighted by Crippen LogP contribution is 2.31. The van der Waals surface area contributed by atoms with Crippen LogP contribution in [0.1, 0.15) is 11.8 Å². The van der Waals surface area contributed by atoms with Crippen molar-refractivity contribution in [2.45, 2.75) is 18.4 Å². The van der Waals surface area contributed by atoms with Crippen molar-refractivity contribution >= 4 is 37.3 Å². The van der Waals surface area contributed by atoms with Gasteiger partial charge in [0.2, 0.25) is 0 Å². The van der Waals surface area contributed by atoms with Crippen LogP contribution in [0.25, 0.3) is 0 Å². The van der Waals surface area contributed by atoms with Crippen molar-refractivity contribution in [1.82, 2.24) is 20.1 Å². The highest BCUT2D eigenvalue weighted by molar-refractivity contribution is 9.11. The Morgan fingerprint density at radius 2 is 2.00 bits per heavy atom. The second-order valence-electron chi connectivity index (χ2n) is 5.02. The Morgan fingerprint density at radius 1 is 1.33 bits per heavy atom. The standard InChI is InChI=1S/C12H21BrN4O2S2/c1-3-14-9-10-8-11(12(13)20-10)21(18,19)15-17-6-4-16(2)5-7-17/h8,14-15H,3-7,9H2,1-2H3. The molecule has 0 aromatic carbocycles. The smallest absolute Gasteiger partial charge is 0.255 e. The molecular formula is C12H21BrN4O2S2. The Morgan fingerprint density at radius 3 is 2.62 bits per heavy atom. The summed E-state index contributed by atoms with van der Waals surface area (Å²) in [6.07, 6.45) is 0. The minimum Gasteiger partial charge on any atom is -0.312 e. The van der Waals surface area contributed by atoms with Gasteiger partial charge in [0.25, 0.3) is 10.0 Å². The first kappa shape index (κ1) is 17.3. The monoisotopic (exact) mass is 396 g/mol. The van der Waals surface area contributed by atoms with E-state index in [1.54, 1.807) is 11.1 Å². The third-order valence-electron chi connectivity index (χ3n) is 3.30. The lowest BCUT2D eigenvalue weighted by Gasteiger charge is -2.32. The van der Waals surface area contributed by atoms with Crippen LogP contribution < -0.4 is 10.1 Å². The lowest BCUT2D eigenvalue weighted by atomic mass is 10.4. The summed E-state index contributed by atoms with van der Waals surface area (Å²) in [6.45, 7) is 6.68. The number of nitrogens with zero attached hydrogens (tertiary/aromatic N) is 2. The van der Waals surface area contributed by atoms with E-state index in [-0.39, 0.29) is 0 Å². The molecule has 0 atom stereocenters. The number of thiophene rings is 1. The molecule has 1 aliphatic heterocycles. The normalized spacial score (nSPS) is 18.2. The van der Waals surface area contributed by atoms with Gasteiger partial charge in [0, 0.05) is 37.6 Å². The van der Waals surface area contributed by atoms with Gasteiger partial charge in [0.15, 0.2) is 0 Å². The molecule has 2 heterocycles. The van der Waals surface area contributed by atoms with E-state index in [9.17, 15) is 8.42 Å². The largest absolute Gasteiger partial charge is 0.312 e. The van der Waals surface area contributed by atoms with Crippen LogP contribution in [0.15, 0.2) is 14.7 Å². The van der Waals surface area contributed by atoms with Gasteiger partial charge in [0.1, 0.15) is 4.90 Å². The maximum atomic E-state index is 12.5. The molecule has 21 heavy (non-hydrogen) atoms. The van der Waals surface area contributed by atoms with Crippen LogP contribution in [-0.4, -0.2) is 58.1 Å². The molecule has 2 rings (SSSR count). The number of hydrogen-bond donors (Lipinski definition) is 2. The molecule has 1 aromatic rings. The van der Waals surface area contributed by atoms with Gasteiger partial charge in [-0.3, -0.25) is 0 Å². The Kier molecular flexibility index (Phi) is 6.18. The topological polar surface area (TPSA) is 64.7 Å². The first-order valence-corrected chi connectivity index (χ1v) is 9.96. The molecule has 2 N–H and O–H groups in total. The van der Waals surface area contributed by atoms with E-state index in [4.69, 9.17) is 0 Å². The van der Waals surface area contributed by atoms with E-state index in [1.165, 1.54) is 11.3 Å². The lowest BCUT2D eigenvalue weighted by molar-refractivity contribution is 0.135. The van der Waals surface area contributed by atoms with Gasteiger partial charge < -0.3 is 10.2 Å². The van der Waals surface area contributed by atoms with Crippen molar-refractivity contribution in [2.24, 2.45) is 0 Å². The quantitative estimate of drug-likeness (QED) is 0.752. The summed E-state index contributed by atoms with van der Waals surface area (Å²) in [6, 6.07) is 1.73. The second-order valence-corrected chi connectivity index (χ2v) is 9.10. The fourth-order valence-corrected chi connectivity index (χ4v) is 5.81. The minimum absolute atomic E-state index is 0.319. The summed E-state index contributed by atoms with van der Waals surface area (Å²) in [5, 5.41) is 4.97. The fourth-order valence-electron chi connectivity index (χ4n) is 2.03. The summed E-state index contributed by atoms with van der Waals surface area (Å²) in [7, 11) is -1.48. The van der Waals surface area contributed by atoms with E-state index >= 15 is 0 Å². The zero-order valence-corrected chi connectivity index (χ0v) is 15.4. The number of hydrazine groups is 1.